The molecule has 0 radical (unpaired) electrons. The smallest absolute Gasteiger partial charge is 0.332 e. The summed E-state index contributed by atoms with van der Waals surface area (Å²) in [7, 11) is -3.77. The molecule has 0 aliphatic carbocycles. The van der Waals surface area contributed by atoms with Crippen LogP contribution in [-0.2, 0) is 26.0 Å². The largest absolute Gasteiger partial charge is 0.494 e. The molecule has 2 N–H and O–H groups in total. The first-order valence-corrected chi connectivity index (χ1v) is 19.3. The Hall–Kier alpha value is -2.55. The number of benzene rings is 2. The summed E-state index contributed by atoms with van der Waals surface area (Å²) < 4.78 is 39.4. The van der Waals surface area contributed by atoms with Crippen LogP contribution in [0.25, 0.3) is 0 Å². The van der Waals surface area contributed by atoms with Gasteiger partial charge in [-0.2, -0.15) is 0 Å². The Balaban J connectivity index is 1.67. The van der Waals surface area contributed by atoms with Crippen LogP contribution in [0.15, 0.2) is 59.1 Å². The van der Waals surface area contributed by atoms with Crippen LogP contribution < -0.4 is 14.8 Å². The van der Waals surface area contributed by atoms with Gasteiger partial charge in [0, 0.05) is 18.3 Å². The Morgan fingerprint density at radius 3 is 2.11 bits per heavy atom. The van der Waals surface area contributed by atoms with Crippen LogP contribution in [0.3, 0.4) is 0 Å². The van der Waals surface area contributed by atoms with Crippen molar-refractivity contribution < 1.29 is 22.7 Å². The van der Waals surface area contributed by atoms with Crippen molar-refractivity contribution in [2.24, 2.45) is 0 Å². The Morgan fingerprint density at radius 1 is 0.826 bits per heavy atom. The molecule has 258 valence electrons. The fourth-order valence-corrected chi connectivity index (χ4v) is 6.45. The fraction of sp³-hybridized carbons (Fsp3) is 0.595. The van der Waals surface area contributed by atoms with E-state index in [2.05, 4.69) is 29.1 Å². The average Bonchev–Trinajstić information content (AvgIpc) is 3.04. The van der Waals surface area contributed by atoms with E-state index in [1.165, 1.54) is 113 Å². The van der Waals surface area contributed by atoms with E-state index < -0.39 is 16.0 Å². The third kappa shape index (κ3) is 16.8. The summed E-state index contributed by atoms with van der Waals surface area (Å²) in [5.74, 6) is 0.336. The number of hydrogen-bond donors (Lipinski definition) is 2. The van der Waals surface area contributed by atoms with Crippen LogP contribution in [0.5, 0.6) is 5.75 Å². The molecule has 0 saturated carbocycles. The monoisotopic (exact) mass is 676 g/mol. The summed E-state index contributed by atoms with van der Waals surface area (Å²) in [5, 5.41) is 3.39. The van der Waals surface area contributed by atoms with E-state index in [0.29, 0.717) is 35.9 Å². The molecule has 0 spiro atoms. The summed E-state index contributed by atoms with van der Waals surface area (Å²) in [6.07, 6.45) is 21.0. The highest BCUT2D eigenvalue weighted by Gasteiger charge is 2.16. The van der Waals surface area contributed by atoms with Crippen molar-refractivity contribution >= 4 is 33.3 Å². The minimum absolute atomic E-state index is 0.0766. The minimum atomic E-state index is -3.77. The number of esters is 1. The van der Waals surface area contributed by atoms with E-state index in [4.69, 9.17) is 21.1 Å². The number of nitrogens with one attached hydrogen (secondary N) is 2. The van der Waals surface area contributed by atoms with E-state index in [0.717, 1.165) is 12.2 Å². The van der Waals surface area contributed by atoms with Crippen molar-refractivity contribution in [2.75, 3.05) is 25.1 Å². The number of ether oxygens (including phenoxy) is 2. The Bertz CT molecular complexity index is 1280. The zero-order chi connectivity index (χ0) is 33.5. The van der Waals surface area contributed by atoms with Crippen molar-refractivity contribution in [3.63, 3.8) is 0 Å². The summed E-state index contributed by atoms with van der Waals surface area (Å²) in [6.45, 7) is 6.77. The van der Waals surface area contributed by atoms with Gasteiger partial charge in [0.15, 0.2) is 0 Å². The predicted molar refractivity (Wildman–Crippen MR) is 191 cm³/mol. The number of anilines is 1. The molecule has 2 aromatic rings. The number of aryl methyl sites for hydroxylation is 1. The molecule has 0 aliphatic rings. The van der Waals surface area contributed by atoms with Crippen LogP contribution in [0.2, 0.25) is 5.02 Å². The lowest BCUT2D eigenvalue weighted by Gasteiger charge is -2.13. The molecule has 0 fully saturated rings. The number of sulfonamides is 1. The number of halogens is 1. The molecular weight excluding hydrogens is 620 g/mol. The summed E-state index contributed by atoms with van der Waals surface area (Å²) >= 11 is 6.30. The number of allylic oxidation sites excluding steroid dienone is 1. The summed E-state index contributed by atoms with van der Waals surface area (Å²) in [6, 6.07) is 12.6. The van der Waals surface area contributed by atoms with Crippen molar-refractivity contribution in [3.8, 4) is 5.75 Å². The molecule has 46 heavy (non-hydrogen) atoms. The van der Waals surface area contributed by atoms with Gasteiger partial charge in [-0.3, -0.25) is 0 Å². The van der Waals surface area contributed by atoms with Gasteiger partial charge in [0.05, 0.1) is 28.8 Å². The van der Waals surface area contributed by atoms with Gasteiger partial charge in [-0.1, -0.05) is 115 Å². The van der Waals surface area contributed by atoms with E-state index in [1.54, 1.807) is 6.92 Å². The fourth-order valence-electron chi connectivity index (χ4n) is 5.18. The molecular formula is C37H57ClN2O5S. The molecule has 0 aromatic heterocycles. The third-order valence-electron chi connectivity index (χ3n) is 7.85. The molecule has 0 aliphatic heterocycles. The predicted octanol–water partition coefficient (Wildman–Crippen LogP) is 9.99. The van der Waals surface area contributed by atoms with Gasteiger partial charge in [-0.05, 0) is 68.5 Å². The topological polar surface area (TPSA) is 93.7 Å². The van der Waals surface area contributed by atoms with Crippen molar-refractivity contribution in [3.05, 3.63) is 64.8 Å². The number of unbranched alkanes of at least 4 members (excludes halogenated alkanes) is 12. The first kappa shape index (κ1) is 39.6. The second-order valence-corrected chi connectivity index (χ2v) is 14.0. The molecule has 7 nitrogen and oxygen atoms in total. The van der Waals surface area contributed by atoms with Crippen molar-refractivity contribution in [1.29, 1.82) is 0 Å². The zero-order valence-electron chi connectivity index (χ0n) is 28.4. The van der Waals surface area contributed by atoms with E-state index in [-0.39, 0.29) is 18.0 Å². The maximum atomic E-state index is 12.9. The van der Waals surface area contributed by atoms with Crippen molar-refractivity contribution in [1.82, 2.24) is 4.72 Å². The normalized spacial score (nSPS) is 11.9. The molecule has 0 amide bonds. The van der Waals surface area contributed by atoms with Gasteiger partial charge in [0.2, 0.25) is 10.0 Å². The molecule has 0 heterocycles. The Morgan fingerprint density at radius 2 is 1.48 bits per heavy atom. The second-order valence-electron chi connectivity index (χ2n) is 11.8. The highest BCUT2D eigenvalue weighted by molar-refractivity contribution is 7.89. The molecule has 0 atom stereocenters. The van der Waals surface area contributed by atoms with Gasteiger partial charge in [0.1, 0.15) is 5.75 Å². The minimum Gasteiger partial charge on any atom is -0.494 e. The van der Waals surface area contributed by atoms with Gasteiger partial charge in [-0.15, -0.1) is 0 Å². The lowest BCUT2D eigenvalue weighted by Crippen LogP contribution is -2.26. The first-order chi connectivity index (χ1) is 22.3. The number of carbonyl (C=O) groups excluding carboxylic acids is 1. The average molecular weight is 677 g/mol. The highest BCUT2D eigenvalue weighted by Crippen LogP contribution is 2.27. The van der Waals surface area contributed by atoms with Gasteiger partial charge < -0.3 is 14.8 Å². The van der Waals surface area contributed by atoms with E-state index in [1.807, 2.05) is 19.1 Å². The van der Waals surface area contributed by atoms with Crippen LogP contribution in [0.1, 0.15) is 123 Å². The number of rotatable bonds is 26. The van der Waals surface area contributed by atoms with Crippen LogP contribution in [-0.4, -0.2) is 34.1 Å². The maximum Gasteiger partial charge on any atom is 0.332 e. The maximum absolute atomic E-state index is 12.9. The number of carbonyl (C=O) groups is 1. The van der Waals surface area contributed by atoms with E-state index in [9.17, 15) is 13.2 Å². The van der Waals surface area contributed by atoms with Gasteiger partial charge in [0.25, 0.3) is 0 Å². The lowest BCUT2D eigenvalue weighted by molar-refractivity contribution is -0.137. The Labute approximate surface area is 283 Å². The quantitative estimate of drug-likeness (QED) is 0.0585. The van der Waals surface area contributed by atoms with Crippen LogP contribution in [0.4, 0.5) is 5.69 Å². The van der Waals surface area contributed by atoms with Crippen LogP contribution >= 0.6 is 11.6 Å². The summed E-state index contributed by atoms with van der Waals surface area (Å²) in [5.41, 5.74) is 2.23. The van der Waals surface area contributed by atoms with Gasteiger partial charge in [-0.25, -0.2) is 17.9 Å². The lowest BCUT2D eigenvalue weighted by atomic mass is 10.0. The highest BCUT2D eigenvalue weighted by atomic mass is 35.5. The molecule has 0 unspecified atom stereocenters. The zero-order valence-corrected chi connectivity index (χ0v) is 30.0. The molecule has 9 heteroatoms. The summed E-state index contributed by atoms with van der Waals surface area (Å²) in [4.78, 5) is 11.9. The van der Waals surface area contributed by atoms with Crippen molar-refractivity contribution in [2.45, 2.75) is 128 Å². The molecule has 2 rings (SSSR count). The number of hydrogen-bond acceptors (Lipinski definition) is 6. The van der Waals surface area contributed by atoms with Crippen LogP contribution in [0, 0.1) is 0 Å². The second kappa shape index (κ2) is 23.7. The standard InChI is InChI=1S/C37H57ClN2O5S/c1-4-7-8-9-10-11-12-13-14-15-16-17-18-21-31-22-19-23-33(28-31)45-27-20-26-39-46(42,43)34-24-25-35(38)36(30-34)40-32(5-2)29-37(41)44-6-3/h19,22-25,28-30,39-40H,4-18,20-21,26-27H2,1-3H3. The van der Waals surface area contributed by atoms with E-state index >= 15 is 0 Å². The third-order valence-corrected chi connectivity index (χ3v) is 9.64. The Kier molecular flexibility index (Phi) is 20.4. The molecule has 0 saturated heterocycles. The molecule has 2 aromatic carbocycles. The van der Waals surface area contributed by atoms with Gasteiger partial charge >= 0.3 is 5.97 Å². The molecule has 0 bridgehead atoms. The first-order valence-electron chi connectivity index (χ1n) is 17.4. The SMILES string of the molecule is CCCCCCCCCCCCCCCc1cccc(OCCCNS(=O)(=O)c2ccc(Cl)c(NC(=CC(=O)OCC)CC)c2)c1.